The Labute approximate surface area is 165 Å². The van der Waals surface area contributed by atoms with E-state index in [1.165, 1.54) is 0 Å². The van der Waals surface area contributed by atoms with Crippen LogP contribution in [0, 0.1) is 0 Å². The zero-order chi connectivity index (χ0) is 19.8. The van der Waals surface area contributed by atoms with E-state index >= 15 is 0 Å². The van der Waals surface area contributed by atoms with Crippen LogP contribution in [0.3, 0.4) is 0 Å². The van der Waals surface area contributed by atoms with Crippen molar-refractivity contribution in [3.05, 3.63) is 66.2 Å². The number of nitrogens with one attached hydrogen (secondary N) is 2. The van der Waals surface area contributed by atoms with Crippen LogP contribution in [0.25, 0.3) is 11.3 Å². The molecule has 0 amide bonds. The molecule has 0 aliphatic rings. The summed E-state index contributed by atoms with van der Waals surface area (Å²) in [4.78, 5) is 21.0. The second-order valence-electron chi connectivity index (χ2n) is 6.18. The van der Waals surface area contributed by atoms with Gasteiger partial charge in [-0.05, 0) is 37.6 Å². The van der Waals surface area contributed by atoms with Gasteiger partial charge in [0.25, 0.3) is 0 Å². The summed E-state index contributed by atoms with van der Waals surface area (Å²) in [6.07, 6.45) is 1.00. The summed E-state index contributed by atoms with van der Waals surface area (Å²) >= 11 is 0. The van der Waals surface area contributed by atoms with E-state index in [9.17, 15) is 4.79 Å². The fourth-order valence-electron chi connectivity index (χ4n) is 2.64. The molecule has 0 fully saturated rings. The number of esters is 1. The topological polar surface area (TPSA) is 76.1 Å². The molecule has 6 heteroatoms. The van der Waals surface area contributed by atoms with Crippen molar-refractivity contribution < 1.29 is 9.53 Å². The lowest BCUT2D eigenvalue weighted by atomic mass is 10.1. The lowest BCUT2D eigenvalue weighted by Gasteiger charge is -2.11. The van der Waals surface area contributed by atoms with Crippen LogP contribution in [-0.2, 0) is 4.74 Å². The molecular formula is C22H24N4O2. The first-order chi connectivity index (χ1) is 13.7. The summed E-state index contributed by atoms with van der Waals surface area (Å²) in [5, 5.41) is 6.53. The number of rotatable bonds is 8. The van der Waals surface area contributed by atoms with Crippen molar-refractivity contribution in [2.75, 3.05) is 23.8 Å². The molecule has 2 aromatic carbocycles. The maximum atomic E-state index is 11.8. The Bertz CT molecular complexity index is 912. The molecule has 0 saturated carbocycles. The van der Waals surface area contributed by atoms with Gasteiger partial charge in [0.05, 0.1) is 17.9 Å². The lowest BCUT2D eigenvalue weighted by molar-refractivity contribution is 0.0526. The highest BCUT2D eigenvalue weighted by molar-refractivity contribution is 5.89. The fraction of sp³-hybridized carbons (Fsp3) is 0.227. The summed E-state index contributed by atoms with van der Waals surface area (Å²) in [5.74, 6) is 0.924. The standard InChI is InChI=1S/C22H24N4O2/c1-3-14-23-20-15-19(16-8-6-5-7-9-16)25-22(26-20)24-18-12-10-17(11-13-18)21(27)28-4-2/h5-13,15H,3-4,14H2,1-2H3,(H2,23,24,25,26). The molecule has 144 valence electrons. The minimum Gasteiger partial charge on any atom is -0.462 e. The van der Waals surface area contributed by atoms with Crippen LogP contribution >= 0.6 is 0 Å². The van der Waals surface area contributed by atoms with E-state index in [1.807, 2.05) is 48.5 Å². The van der Waals surface area contributed by atoms with Gasteiger partial charge in [0, 0.05) is 23.9 Å². The minimum absolute atomic E-state index is 0.331. The fourth-order valence-corrected chi connectivity index (χ4v) is 2.64. The summed E-state index contributed by atoms with van der Waals surface area (Å²) in [6.45, 7) is 5.08. The molecule has 0 bridgehead atoms. The van der Waals surface area contributed by atoms with E-state index in [-0.39, 0.29) is 5.97 Å². The van der Waals surface area contributed by atoms with Crippen molar-refractivity contribution in [1.29, 1.82) is 0 Å². The first-order valence-corrected chi connectivity index (χ1v) is 9.42. The zero-order valence-electron chi connectivity index (χ0n) is 16.1. The lowest BCUT2D eigenvalue weighted by Crippen LogP contribution is -2.07. The van der Waals surface area contributed by atoms with Gasteiger partial charge in [0.15, 0.2) is 0 Å². The third kappa shape index (κ3) is 5.07. The van der Waals surface area contributed by atoms with Crippen LogP contribution in [-0.4, -0.2) is 29.1 Å². The highest BCUT2D eigenvalue weighted by atomic mass is 16.5. The Morgan fingerprint density at radius 3 is 2.43 bits per heavy atom. The Morgan fingerprint density at radius 1 is 1.00 bits per heavy atom. The number of hydrogen-bond acceptors (Lipinski definition) is 6. The highest BCUT2D eigenvalue weighted by Crippen LogP contribution is 2.23. The van der Waals surface area contributed by atoms with E-state index in [0.29, 0.717) is 18.1 Å². The number of carbonyl (C=O) groups is 1. The maximum Gasteiger partial charge on any atom is 0.338 e. The predicted octanol–water partition coefficient (Wildman–Crippen LogP) is 4.89. The molecule has 6 nitrogen and oxygen atoms in total. The Morgan fingerprint density at radius 2 is 1.75 bits per heavy atom. The molecule has 0 spiro atoms. The molecule has 0 aliphatic heterocycles. The monoisotopic (exact) mass is 376 g/mol. The average molecular weight is 376 g/mol. The van der Waals surface area contributed by atoms with E-state index in [1.54, 1.807) is 19.1 Å². The molecule has 0 aliphatic carbocycles. The number of carbonyl (C=O) groups excluding carboxylic acids is 1. The number of nitrogens with zero attached hydrogens (tertiary/aromatic N) is 2. The number of ether oxygens (including phenoxy) is 1. The number of benzene rings is 2. The maximum absolute atomic E-state index is 11.8. The van der Waals surface area contributed by atoms with Crippen molar-refractivity contribution >= 4 is 23.4 Å². The molecule has 28 heavy (non-hydrogen) atoms. The molecule has 3 aromatic rings. The molecule has 2 N–H and O–H groups in total. The SMILES string of the molecule is CCCNc1cc(-c2ccccc2)nc(Nc2ccc(C(=O)OCC)cc2)n1. The number of aromatic nitrogens is 2. The van der Waals surface area contributed by atoms with Crippen LogP contribution in [0.5, 0.6) is 0 Å². The summed E-state index contributed by atoms with van der Waals surface area (Å²) in [6, 6.07) is 19.0. The molecule has 0 radical (unpaired) electrons. The van der Waals surface area contributed by atoms with Crippen LogP contribution in [0.2, 0.25) is 0 Å². The van der Waals surface area contributed by atoms with Crippen LogP contribution in [0.1, 0.15) is 30.6 Å². The largest absolute Gasteiger partial charge is 0.462 e. The smallest absolute Gasteiger partial charge is 0.338 e. The third-order valence-electron chi connectivity index (χ3n) is 4.00. The van der Waals surface area contributed by atoms with Gasteiger partial charge in [-0.2, -0.15) is 4.98 Å². The zero-order valence-corrected chi connectivity index (χ0v) is 16.1. The minimum atomic E-state index is -0.331. The number of hydrogen-bond donors (Lipinski definition) is 2. The predicted molar refractivity (Wildman–Crippen MR) is 112 cm³/mol. The molecule has 0 saturated heterocycles. The van der Waals surface area contributed by atoms with E-state index < -0.39 is 0 Å². The molecule has 0 unspecified atom stereocenters. The first-order valence-electron chi connectivity index (χ1n) is 9.42. The van der Waals surface area contributed by atoms with Crippen LogP contribution in [0.15, 0.2) is 60.7 Å². The molecule has 1 heterocycles. The Balaban J connectivity index is 1.85. The Kier molecular flexibility index (Phi) is 6.57. The van der Waals surface area contributed by atoms with Crippen molar-refractivity contribution in [2.45, 2.75) is 20.3 Å². The second-order valence-corrected chi connectivity index (χ2v) is 6.18. The Hall–Kier alpha value is -3.41. The van der Waals surface area contributed by atoms with Gasteiger partial charge in [0.1, 0.15) is 5.82 Å². The van der Waals surface area contributed by atoms with E-state index in [2.05, 4.69) is 27.5 Å². The van der Waals surface area contributed by atoms with Gasteiger partial charge in [-0.3, -0.25) is 0 Å². The molecular weight excluding hydrogens is 352 g/mol. The van der Waals surface area contributed by atoms with Gasteiger partial charge in [-0.1, -0.05) is 37.3 Å². The van der Waals surface area contributed by atoms with E-state index in [0.717, 1.165) is 35.7 Å². The highest BCUT2D eigenvalue weighted by Gasteiger charge is 2.09. The molecule has 0 atom stereocenters. The number of anilines is 3. The van der Waals surface area contributed by atoms with Crippen LogP contribution in [0.4, 0.5) is 17.5 Å². The van der Waals surface area contributed by atoms with Gasteiger partial charge in [-0.25, -0.2) is 9.78 Å². The van der Waals surface area contributed by atoms with Gasteiger partial charge >= 0.3 is 5.97 Å². The van der Waals surface area contributed by atoms with Gasteiger partial charge < -0.3 is 15.4 Å². The average Bonchev–Trinajstić information content (AvgIpc) is 2.73. The van der Waals surface area contributed by atoms with Crippen molar-refractivity contribution in [2.24, 2.45) is 0 Å². The second kappa shape index (κ2) is 9.50. The van der Waals surface area contributed by atoms with Crippen molar-refractivity contribution in [3.8, 4) is 11.3 Å². The third-order valence-corrected chi connectivity index (χ3v) is 4.00. The quantitative estimate of drug-likeness (QED) is 0.545. The first kappa shape index (κ1) is 19.4. The summed E-state index contributed by atoms with van der Waals surface area (Å²) in [5.41, 5.74) is 3.15. The van der Waals surface area contributed by atoms with Crippen molar-refractivity contribution in [1.82, 2.24) is 9.97 Å². The molecule has 1 aromatic heterocycles. The van der Waals surface area contributed by atoms with Crippen LogP contribution < -0.4 is 10.6 Å². The van der Waals surface area contributed by atoms with E-state index in [4.69, 9.17) is 4.74 Å². The normalized spacial score (nSPS) is 10.4. The summed E-state index contributed by atoms with van der Waals surface area (Å²) < 4.78 is 5.01. The van der Waals surface area contributed by atoms with Gasteiger partial charge in [-0.15, -0.1) is 0 Å². The summed E-state index contributed by atoms with van der Waals surface area (Å²) in [7, 11) is 0. The van der Waals surface area contributed by atoms with Gasteiger partial charge in [0.2, 0.25) is 5.95 Å². The molecule has 3 rings (SSSR count). The van der Waals surface area contributed by atoms with Crippen molar-refractivity contribution in [3.63, 3.8) is 0 Å².